The number of rotatable bonds is 3. The zero-order valence-electron chi connectivity index (χ0n) is 13.9. The number of nitrogens with one attached hydrogen (secondary N) is 2. The van der Waals surface area contributed by atoms with Gasteiger partial charge in [-0.15, -0.1) is 0 Å². The fraction of sp³-hybridized carbons (Fsp3) is 0.471. The van der Waals surface area contributed by atoms with E-state index < -0.39 is 6.03 Å². The quantitative estimate of drug-likeness (QED) is 0.897. The third kappa shape index (κ3) is 3.41. The van der Waals surface area contributed by atoms with Crippen LogP contribution in [0.1, 0.15) is 31.6 Å². The Morgan fingerprint density at radius 3 is 2.67 bits per heavy atom. The van der Waals surface area contributed by atoms with Gasteiger partial charge in [0.15, 0.2) is 11.5 Å². The molecule has 1 aromatic heterocycles. The third-order valence-electron chi connectivity index (χ3n) is 4.58. The Morgan fingerprint density at radius 1 is 1.29 bits per heavy atom. The van der Waals surface area contributed by atoms with Crippen molar-refractivity contribution < 1.29 is 14.0 Å². The topological polar surface area (TPSA) is 87.5 Å². The van der Waals surface area contributed by atoms with Crippen LogP contribution in [0.25, 0.3) is 11.1 Å². The van der Waals surface area contributed by atoms with E-state index in [0.717, 1.165) is 42.9 Å². The number of nitrogens with zero attached hydrogens (tertiary/aromatic N) is 2. The lowest BCUT2D eigenvalue weighted by Crippen LogP contribution is -2.50. The molecule has 1 aliphatic rings. The van der Waals surface area contributed by atoms with Crippen molar-refractivity contribution in [3.05, 3.63) is 30.2 Å². The van der Waals surface area contributed by atoms with E-state index in [0.29, 0.717) is 0 Å². The molecule has 0 radical (unpaired) electrons. The minimum atomic E-state index is -0.479. The van der Waals surface area contributed by atoms with E-state index in [1.807, 2.05) is 31.2 Å². The minimum Gasteiger partial charge on any atom is -0.440 e. The number of aromatic nitrogens is 1. The van der Waals surface area contributed by atoms with Gasteiger partial charge in [-0.25, -0.2) is 9.78 Å². The molecule has 1 unspecified atom stereocenters. The van der Waals surface area contributed by atoms with Gasteiger partial charge in [-0.3, -0.25) is 15.0 Å². The fourth-order valence-corrected chi connectivity index (χ4v) is 3.04. The van der Waals surface area contributed by atoms with Gasteiger partial charge >= 0.3 is 6.03 Å². The lowest BCUT2D eigenvalue weighted by molar-refractivity contribution is -0.125. The summed E-state index contributed by atoms with van der Waals surface area (Å²) in [7, 11) is 1.49. The van der Waals surface area contributed by atoms with Gasteiger partial charge in [0, 0.05) is 13.0 Å². The van der Waals surface area contributed by atoms with Gasteiger partial charge in [0.1, 0.15) is 5.52 Å². The van der Waals surface area contributed by atoms with Crippen molar-refractivity contribution in [2.45, 2.75) is 31.7 Å². The summed E-state index contributed by atoms with van der Waals surface area (Å²) in [6.07, 6.45) is 1.76. The van der Waals surface area contributed by atoms with Crippen LogP contribution in [0.15, 0.2) is 28.7 Å². The molecule has 7 heteroatoms. The van der Waals surface area contributed by atoms with Crippen LogP contribution in [-0.2, 0) is 4.79 Å². The van der Waals surface area contributed by atoms with Crippen LogP contribution in [0.5, 0.6) is 0 Å². The van der Waals surface area contributed by atoms with Crippen LogP contribution < -0.4 is 10.6 Å². The molecule has 1 aliphatic heterocycles. The van der Waals surface area contributed by atoms with Crippen LogP contribution in [0.3, 0.4) is 0 Å². The number of urea groups is 1. The molecule has 0 bridgehead atoms. The Kier molecular flexibility index (Phi) is 4.80. The Balaban J connectivity index is 1.59. The standard InChI is InChI=1S/C17H22N4O3/c1-11(15(22)20-17(23)18-2)21-9-7-12(8-10-21)16-19-13-5-3-4-6-14(13)24-16/h3-6,11-12H,7-10H2,1-2H3,(H2,18,20,22,23). The maximum absolute atomic E-state index is 12.0. The molecule has 2 aromatic rings. The number of carbonyl (C=O) groups is 2. The summed E-state index contributed by atoms with van der Waals surface area (Å²) in [5.74, 6) is 0.760. The molecule has 0 aliphatic carbocycles. The van der Waals surface area contributed by atoms with Gasteiger partial charge in [-0.2, -0.15) is 0 Å². The zero-order valence-corrected chi connectivity index (χ0v) is 13.9. The molecule has 2 heterocycles. The van der Waals surface area contributed by atoms with E-state index in [4.69, 9.17) is 4.42 Å². The van der Waals surface area contributed by atoms with Crippen molar-refractivity contribution >= 4 is 23.0 Å². The van der Waals surface area contributed by atoms with Gasteiger partial charge in [0.2, 0.25) is 5.91 Å². The molecule has 0 saturated carbocycles. The molecule has 7 nitrogen and oxygen atoms in total. The molecule has 1 aromatic carbocycles. The second kappa shape index (κ2) is 7.00. The highest BCUT2D eigenvalue weighted by Gasteiger charge is 2.29. The first kappa shape index (κ1) is 16.4. The highest BCUT2D eigenvalue weighted by atomic mass is 16.3. The maximum atomic E-state index is 12.0. The number of amides is 3. The molecule has 2 N–H and O–H groups in total. The van der Waals surface area contributed by atoms with Crippen molar-refractivity contribution in [2.75, 3.05) is 20.1 Å². The summed E-state index contributed by atoms with van der Waals surface area (Å²) in [6.45, 7) is 3.36. The number of hydrogen-bond donors (Lipinski definition) is 2. The minimum absolute atomic E-state index is 0.267. The summed E-state index contributed by atoms with van der Waals surface area (Å²) < 4.78 is 5.86. The summed E-state index contributed by atoms with van der Waals surface area (Å²) >= 11 is 0. The van der Waals surface area contributed by atoms with Crippen molar-refractivity contribution in [3.63, 3.8) is 0 Å². The molecule has 24 heavy (non-hydrogen) atoms. The van der Waals surface area contributed by atoms with Gasteiger partial charge in [0.25, 0.3) is 0 Å². The van der Waals surface area contributed by atoms with E-state index in [1.165, 1.54) is 7.05 Å². The van der Waals surface area contributed by atoms with Gasteiger partial charge in [-0.05, 0) is 45.0 Å². The number of hydrogen-bond acceptors (Lipinski definition) is 5. The first-order chi connectivity index (χ1) is 11.6. The summed E-state index contributed by atoms with van der Waals surface area (Å²) in [5, 5.41) is 4.71. The number of oxazole rings is 1. The summed E-state index contributed by atoms with van der Waals surface area (Å²) in [4.78, 5) is 29.9. The average molecular weight is 330 g/mol. The molecule has 3 rings (SSSR count). The first-order valence-corrected chi connectivity index (χ1v) is 8.20. The smallest absolute Gasteiger partial charge is 0.321 e. The molecule has 1 atom stereocenters. The number of para-hydroxylation sites is 2. The Hall–Kier alpha value is -2.41. The molecule has 0 spiro atoms. The Bertz CT molecular complexity index is 701. The fourth-order valence-electron chi connectivity index (χ4n) is 3.04. The number of imide groups is 1. The van der Waals surface area contributed by atoms with E-state index in [1.54, 1.807) is 0 Å². The Morgan fingerprint density at radius 2 is 2.00 bits per heavy atom. The van der Waals surface area contributed by atoms with Gasteiger partial charge in [-0.1, -0.05) is 12.1 Å². The highest BCUT2D eigenvalue weighted by molar-refractivity contribution is 5.96. The van der Waals surface area contributed by atoms with Crippen LogP contribution in [-0.4, -0.2) is 48.0 Å². The molecule has 1 saturated heterocycles. The largest absolute Gasteiger partial charge is 0.440 e. The van der Waals surface area contributed by atoms with Crippen molar-refractivity contribution in [2.24, 2.45) is 0 Å². The second-order valence-electron chi connectivity index (χ2n) is 6.07. The zero-order chi connectivity index (χ0) is 17.1. The molecule has 3 amide bonds. The number of piperidine rings is 1. The number of benzene rings is 1. The van der Waals surface area contributed by atoms with E-state index in [9.17, 15) is 9.59 Å². The van der Waals surface area contributed by atoms with Crippen molar-refractivity contribution in [1.29, 1.82) is 0 Å². The predicted molar refractivity (Wildman–Crippen MR) is 89.6 cm³/mol. The van der Waals surface area contributed by atoms with Crippen LogP contribution in [0.2, 0.25) is 0 Å². The highest BCUT2D eigenvalue weighted by Crippen LogP contribution is 2.30. The maximum Gasteiger partial charge on any atom is 0.321 e. The Labute approximate surface area is 140 Å². The van der Waals surface area contributed by atoms with E-state index in [-0.39, 0.29) is 17.9 Å². The van der Waals surface area contributed by atoms with E-state index in [2.05, 4.69) is 20.5 Å². The number of likely N-dealkylation sites (tertiary alicyclic amines) is 1. The van der Waals surface area contributed by atoms with Gasteiger partial charge in [0.05, 0.1) is 6.04 Å². The normalized spacial score (nSPS) is 17.6. The molecular weight excluding hydrogens is 308 g/mol. The lowest BCUT2D eigenvalue weighted by Gasteiger charge is -2.34. The lowest BCUT2D eigenvalue weighted by atomic mass is 9.95. The van der Waals surface area contributed by atoms with E-state index >= 15 is 0 Å². The van der Waals surface area contributed by atoms with Crippen LogP contribution >= 0.6 is 0 Å². The van der Waals surface area contributed by atoms with Crippen LogP contribution in [0.4, 0.5) is 4.79 Å². The summed E-state index contributed by atoms with van der Waals surface area (Å²) in [5.41, 5.74) is 1.70. The third-order valence-corrected chi connectivity index (χ3v) is 4.58. The molecule has 1 fully saturated rings. The number of carbonyl (C=O) groups excluding carboxylic acids is 2. The molecule has 128 valence electrons. The van der Waals surface area contributed by atoms with Crippen LogP contribution in [0, 0.1) is 0 Å². The monoisotopic (exact) mass is 330 g/mol. The first-order valence-electron chi connectivity index (χ1n) is 8.20. The second-order valence-corrected chi connectivity index (χ2v) is 6.07. The summed E-state index contributed by atoms with van der Waals surface area (Å²) in [6, 6.07) is 6.94. The number of fused-ring (bicyclic) bond motifs is 1. The molecular formula is C17H22N4O3. The van der Waals surface area contributed by atoms with Crippen molar-refractivity contribution in [3.8, 4) is 0 Å². The predicted octanol–water partition coefficient (Wildman–Crippen LogP) is 1.85. The average Bonchev–Trinajstić information content (AvgIpc) is 3.05. The van der Waals surface area contributed by atoms with Crippen molar-refractivity contribution in [1.82, 2.24) is 20.5 Å². The SMILES string of the molecule is CNC(=O)NC(=O)C(C)N1CCC(c2nc3ccccc3o2)CC1. The van der Waals surface area contributed by atoms with Gasteiger partial charge < -0.3 is 9.73 Å².